The summed E-state index contributed by atoms with van der Waals surface area (Å²) in [4.78, 5) is 15.9. The van der Waals surface area contributed by atoms with Crippen LogP contribution in [0.2, 0.25) is 0 Å². The van der Waals surface area contributed by atoms with E-state index in [1.54, 1.807) is 30.5 Å². The van der Waals surface area contributed by atoms with E-state index in [0.717, 1.165) is 68.2 Å². The molecule has 13 heteroatoms. The Hall–Kier alpha value is -4.02. The molecule has 0 saturated carbocycles. The Morgan fingerprint density at radius 3 is 2.62 bits per heavy atom. The number of fused-ring (bicyclic) bond motifs is 1. The zero-order valence-electron chi connectivity index (χ0n) is 21.6. The largest absolute Gasteiger partial charge is 0.474 e. The van der Waals surface area contributed by atoms with Crippen LogP contribution in [0, 0.1) is 11.3 Å². The van der Waals surface area contributed by atoms with Gasteiger partial charge >= 0.3 is 6.18 Å². The third-order valence-electron chi connectivity index (χ3n) is 7.26. The molecular formula is C27H27F3N8O2. The van der Waals surface area contributed by atoms with E-state index in [-0.39, 0.29) is 18.8 Å². The van der Waals surface area contributed by atoms with Gasteiger partial charge in [0, 0.05) is 38.0 Å². The number of hydrogen-bond acceptors (Lipinski definition) is 8. The summed E-state index contributed by atoms with van der Waals surface area (Å²) < 4.78 is 53.8. The van der Waals surface area contributed by atoms with Gasteiger partial charge in [0.1, 0.15) is 23.7 Å². The first-order valence-corrected chi connectivity index (χ1v) is 13.2. The average Bonchev–Trinajstić information content (AvgIpc) is 3.51. The second kappa shape index (κ2) is 10.9. The quantitative estimate of drug-likeness (QED) is 0.325. The van der Waals surface area contributed by atoms with Gasteiger partial charge < -0.3 is 14.0 Å². The number of nitriles is 1. The van der Waals surface area contributed by atoms with Crippen LogP contribution in [0.4, 0.5) is 13.2 Å². The molecule has 0 aromatic carbocycles. The first-order chi connectivity index (χ1) is 19.3. The predicted molar refractivity (Wildman–Crippen MR) is 136 cm³/mol. The summed E-state index contributed by atoms with van der Waals surface area (Å²) in [5.41, 5.74) is 1.78. The Bertz CT molecular complexity index is 1530. The number of hydrogen-bond donors (Lipinski definition) is 0. The molecule has 6 rings (SSSR count). The summed E-state index contributed by atoms with van der Waals surface area (Å²) in [7, 11) is 0. The predicted octanol–water partition coefficient (Wildman–Crippen LogP) is 3.79. The standard InChI is InChI=1S/C27H27F3N8O2/c28-27(29,30)18-12-33-37(14-18)15-19-2-1-3-26(34-19)40-21-4-7-36(8-5-21)17-25-35-23-10-20(11-31)32-13-24(23)38(25)16-22-6-9-39-22/h1-3,10,12-14,21-22H,4-9,15-17H2. The van der Waals surface area contributed by atoms with Crippen molar-refractivity contribution in [2.24, 2.45) is 0 Å². The number of rotatable bonds is 8. The van der Waals surface area contributed by atoms with E-state index in [1.165, 1.54) is 4.68 Å². The van der Waals surface area contributed by atoms with Gasteiger partial charge in [0.25, 0.3) is 0 Å². The van der Waals surface area contributed by atoms with E-state index in [4.69, 9.17) is 14.5 Å². The highest BCUT2D eigenvalue weighted by molar-refractivity contribution is 5.76. The molecule has 0 N–H and O–H groups in total. The number of piperidine rings is 1. The number of halogens is 3. The molecule has 2 aliphatic heterocycles. The van der Waals surface area contributed by atoms with E-state index >= 15 is 0 Å². The third kappa shape index (κ3) is 5.78. The Morgan fingerprint density at radius 1 is 1.10 bits per heavy atom. The Labute approximate surface area is 228 Å². The van der Waals surface area contributed by atoms with Crippen molar-refractivity contribution in [2.75, 3.05) is 19.7 Å². The molecule has 10 nitrogen and oxygen atoms in total. The number of likely N-dealkylation sites (tertiary alicyclic amines) is 1. The van der Waals surface area contributed by atoms with Crippen LogP contribution in [0.15, 0.2) is 42.9 Å². The van der Waals surface area contributed by atoms with Gasteiger partial charge in [0.15, 0.2) is 0 Å². The second-order valence-electron chi connectivity index (χ2n) is 10.1. The van der Waals surface area contributed by atoms with Crippen molar-refractivity contribution >= 4 is 11.0 Å². The highest BCUT2D eigenvalue weighted by atomic mass is 19.4. The molecule has 2 fully saturated rings. The average molecular weight is 553 g/mol. The van der Waals surface area contributed by atoms with Crippen molar-refractivity contribution in [2.45, 2.75) is 57.3 Å². The number of imidazole rings is 1. The number of ether oxygens (including phenoxy) is 2. The van der Waals surface area contributed by atoms with E-state index in [9.17, 15) is 18.4 Å². The number of nitrogens with zero attached hydrogens (tertiary/aromatic N) is 8. The number of aromatic nitrogens is 6. The van der Waals surface area contributed by atoms with Gasteiger partial charge in [0.2, 0.25) is 5.88 Å². The Balaban J connectivity index is 1.07. The molecule has 40 heavy (non-hydrogen) atoms. The lowest BCUT2D eigenvalue weighted by Gasteiger charge is -2.32. The van der Waals surface area contributed by atoms with E-state index in [0.29, 0.717) is 30.4 Å². The first-order valence-electron chi connectivity index (χ1n) is 13.2. The number of alkyl halides is 3. The van der Waals surface area contributed by atoms with Gasteiger partial charge in [0.05, 0.1) is 60.4 Å². The first kappa shape index (κ1) is 26.2. The lowest BCUT2D eigenvalue weighted by atomic mass is 10.1. The third-order valence-corrected chi connectivity index (χ3v) is 7.26. The van der Waals surface area contributed by atoms with E-state index in [1.807, 2.05) is 0 Å². The summed E-state index contributed by atoms with van der Waals surface area (Å²) in [5, 5.41) is 13.0. The monoisotopic (exact) mass is 552 g/mol. The van der Waals surface area contributed by atoms with Gasteiger partial charge in [-0.15, -0.1) is 0 Å². The van der Waals surface area contributed by atoms with Crippen LogP contribution < -0.4 is 4.74 Å². The molecule has 0 aliphatic carbocycles. The maximum absolute atomic E-state index is 12.9. The van der Waals surface area contributed by atoms with Gasteiger partial charge in [-0.1, -0.05) is 6.07 Å². The van der Waals surface area contributed by atoms with Gasteiger partial charge in [-0.2, -0.15) is 23.5 Å². The van der Waals surface area contributed by atoms with Crippen molar-refractivity contribution in [1.82, 2.24) is 34.2 Å². The van der Waals surface area contributed by atoms with Crippen LogP contribution in [0.5, 0.6) is 5.88 Å². The zero-order chi connectivity index (χ0) is 27.7. The lowest BCUT2D eigenvalue weighted by molar-refractivity contribution is -0.137. The normalized spacial score (nSPS) is 18.5. The van der Waals surface area contributed by atoms with Gasteiger partial charge in [-0.3, -0.25) is 9.58 Å². The van der Waals surface area contributed by atoms with Crippen LogP contribution in [-0.2, 0) is 30.5 Å². The van der Waals surface area contributed by atoms with Crippen molar-refractivity contribution in [3.05, 3.63) is 65.6 Å². The van der Waals surface area contributed by atoms with Crippen LogP contribution >= 0.6 is 0 Å². The lowest BCUT2D eigenvalue weighted by Crippen LogP contribution is -2.39. The fourth-order valence-corrected chi connectivity index (χ4v) is 5.02. The molecular weight excluding hydrogens is 525 g/mol. The molecule has 4 aromatic heterocycles. The van der Waals surface area contributed by atoms with Crippen molar-refractivity contribution in [3.63, 3.8) is 0 Å². The SMILES string of the molecule is N#Cc1cc2nc(CN3CCC(Oc4cccc(Cn5cc(C(F)(F)F)cn5)n4)CC3)n(CC3CCO3)c2cn1. The minimum absolute atomic E-state index is 0.0230. The van der Waals surface area contributed by atoms with Crippen LogP contribution in [0.3, 0.4) is 0 Å². The molecule has 2 saturated heterocycles. The van der Waals surface area contributed by atoms with E-state index < -0.39 is 11.7 Å². The molecule has 208 valence electrons. The van der Waals surface area contributed by atoms with Crippen LogP contribution in [0.25, 0.3) is 11.0 Å². The molecule has 4 aromatic rings. The minimum Gasteiger partial charge on any atom is -0.474 e. The maximum Gasteiger partial charge on any atom is 0.419 e. The maximum atomic E-state index is 12.9. The van der Waals surface area contributed by atoms with Crippen molar-refractivity contribution < 1.29 is 22.6 Å². The summed E-state index contributed by atoms with van der Waals surface area (Å²) in [5.74, 6) is 1.37. The molecule has 0 bridgehead atoms. The Morgan fingerprint density at radius 2 is 1.93 bits per heavy atom. The van der Waals surface area contributed by atoms with E-state index in [2.05, 4.69) is 30.6 Å². The van der Waals surface area contributed by atoms with Gasteiger partial charge in [-0.25, -0.2) is 15.0 Å². The fourth-order valence-electron chi connectivity index (χ4n) is 5.02. The van der Waals surface area contributed by atoms with Crippen LogP contribution in [0.1, 0.15) is 42.0 Å². The van der Waals surface area contributed by atoms with Gasteiger partial charge in [-0.05, 0) is 25.3 Å². The topological polar surface area (TPSA) is 107 Å². The zero-order valence-corrected chi connectivity index (χ0v) is 21.6. The molecule has 6 heterocycles. The fraction of sp³-hybridized carbons (Fsp3) is 0.444. The van der Waals surface area contributed by atoms with Crippen molar-refractivity contribution in [1.29, 1.82) is 5.26 Å². The van der Waals surface area contributed by atoms with Crippen molar-refractivity contribution in [3.8, 4) is 11.9 Å². The molecule has 0 amide bonds. The van der Waals surface area contributed by atoms with Crippen LogP contribution in [-0.4, -0.2) is 66.1 Å². The molecule has 2 aliphatic rings. The minimum atomic E-state index is -4.43. The molecule has 1 unspecified atom stereocenters. The smallest absolute Gasteiger partial charge is 0.419 e. The highest BCUT2D eigenvalue weighted by Crippen LogP contribution is 2.29. The number of pyridine rings is 2. The molecule has 1 atom stereocenters. The second-order valence-corrected chi connectivity index (χ2v) is 10.1. The summed E-state index contributed by atoms with van der Waals surface area (Å²) >= 11 is 0. The Kier molecular flexibility index (Phi) is 7.12. The summed E-state index contributed by atoms with van der Waals surface area (Å²) in [6.07, 6.45) is 1.81. The highest BCUT2D eigenvalue weighted by Gasteiger charge is 2.32. The summed E-state index contributed by atoms with van der Waals surface area (Å²) in [6, 6.07) is 9.08. The molecule has 0 radical (unpaired) electrons. The molecule has 0 spiro atoms. The summed E-state index contributed by atoms with van der Waals surface area (Å²) in [6.45, 7) is 3.87.